The Kier molecular flexibility index (Phi) is 7.66. The fourth-order valence-corrected chi connectivity index (χ4v) is 7.22. The monoisotopic (exact) mass is 548 g/mol. The van der Waals surface area contributed by atoms with Crippen LogP contribution in [-0.2, 0) is 19.7 Å². The average molecular weight is 549 g/mol. The van der Waals surface area contributed by atoms with Crippen molar-refractivity contribution in [3.05, 3.63) is 42.8 Å². The number of aromatic nitrogens is 2. The molecule has 1 saturated heterocycles. The molecule has 2 aromatic rings. The van der Waals surface area contributed by atoms with Crippen LogP contribution in [0.4, 0.5) is 11.6 Å². The molecule has 1 aromatic heterocycles. The molecular formula is C31H40N4O5. The van der Waals surface area contributed by atoms with Crippen LogP contribution in [0.5, 0.6) is 5.75 Å². The lowest BCUT2D eigenvalue weighted by Gasteiger charge is -2.53. The highest BCUT2D eigenvalue weighted by molar-refractivity contribution is 5.95. The van der Waals surface area contributed by atoms with E-state index in [4.69, 9.17) is 19.0 Å². The molecule has 40 heavy (non-hydrogen) atoms. The van der Waals surface area contributed by atoms with Gasteiger partial charge in [-0.05, 0) is 74.1 Å². The van der Waals surface area contributed by atoms with Gasteiger partial charge in [0.05, 0.1) is 13.2 Å². The number of benzene rings is 1. The van der Waals surface area contributed by atoms with Crippen molar-refractivity contribution in [3.8, 4) is 5.75 Å². The first kappa shape index (κ1) is 27.0. The van der Waals surface area contributed by atoms with Crippen molar-refractivity contribution in [1.82, 2.24) is 10.1 Å². The summed E-state index contributed by atoms with van der Waals surface area (Å²) in [5.74, 6) is 1.63. The second kappa shape index (κ2) is 11.4. The van der Waals surface area contributed by atoms with E-state index in [1.807, 2.05) is 23.1 Å². The topological polar surface area (TPSA) is 98.0 Å². The molecule has 0 unspecified atom stereocenters. The number of carbonyl (C=O) groups is 2. The molecule has 1 aromatic carbocycles. The number of nitrogens with zero attached hydrogens (tertiary/aromatic N) is 4. The van der Waals surface area contributed by atoms with Crippen LogP contribution < -0.4 is 14.5 Å². The Bertz CT molecular complexity index is 1210. The Labute approximate surface area is 235 Å². The maximum Gasteiger partial charge on any atom is 0.335 e. The molecule has 1 amide bonds. The molecule has 7 rings (SSSR count). The van der Waals surface area contributed by atoms with Crippen molar-refractivity contribution >= 4 is 23.5 Å². The van der Waals surface area contributed by atoms with Crippen LogP contribution in [0.25, 0.3) is 0 Å². The van der Waals surface area contributed by atoms with Gasteiger partial charge < -0.3 is 23.8 Å². The molecular weight excluding hydrogens is 508 g/mol. The van der Waals surface area contributed by atoms with Gasteiger partial charge in [-0.25, -0.2) is 4.79 Å². The molecule has 9 nitrogen and oxygen atoms in total. The van der Waals surface area contributed by atoms with Crippen molar-refractivity contribution < 1.29 is 23.6 Å². The number of fused-ring (bicyclic) bond motifs is 3. The third-order valence-corrected chi connectivity index (χ3v) is 9.79. The zero-order valence-corrected chi connectivity index (χ0v) is 23.3. The molecule has 5 fully saturated rings. The number of ether oxygens (including phenoxy) is 2. The van der Waals surface area contributed by atoms with E-state index in [2.05, 4.69) is 16.6 Å². The number of morpholine rings is 1. The second-order valence-corrected chi connectivity index (χ2v) is 12.2. The van der Waals surface area contributed by atoms with Crippen LogP contribution >= 0.6 is 0 Å². The number of anilines is 2. The van der Waals surface area contributed by atoms with E-state index >= 15 is 0 Å². The van der Waals surface area contributed by atoms with E-state index in [1.54, 1.807) is 6.07 Å². The summed E-state index contributed by atoms with van der Waals surface area (Å²) in [6.45, 7) is 7.12. The van der Waals surface area contributed by atoms with Gasteiger partial charge >= 0.3 is 5.97 Å². The predicted octanol–water partition coefficient (Wildman–Crippen LogP) is 5.20. The van der Waals surface area contributed by atoms with Crippen LogP contribution in [0.1, 0.15) is 76.5 Å². The van der Waals surface area contributed by atoms with Crippen molar-refractivity contribution in [1.29, 1.82) is 0 Å². The zero-order valence-electron chi connectivity index (χ0n) is 23.3. The predicted molar refractivity (Wildman–Crippen MR) is 150 cm³/mol. The number of amides is 1. The van der Waals surface area contributed by atoms with Gasteiger partial charge in [0.25, 0.3) is 5.95 Å². The van der Waals surface area contributed by atoms with E-state index in [9.17, 15) is 9.59 Å². The minimum Gasteiger partial charge on any atom is -0.423 e. The lowest BCUT2D eigenvalue weighted by atomic mass is 9.53. The summed E-state index contributed by atoms with van der Waals surface area (Å²) < 4.78 is 16.8. The van der Waals surface area contributed by atoms with Gasteiger partial charge in [0.1, 0.15) is 5.75 Å². The smallest absolute Gasteiger partial charge is 0.335 e. The minimum atomic E-state index is -0.505. The van der Waals surface area contributed by atoms with Crippen molar-refractivity contribution in [2.75, 3.05) is 42.6 Å². The molecule has 0 N–H and O–H groups in total. The number of hydrogen-bond acceptors (Lipinski definition) is 8. The molecule has 0 atom stereocenters. The van der Waals surface area contributed by atoms with Gasteiger partial charge in [0.2, 0.25) is 11.8 Å². The standard InChI is InChI=1S/C31H40N4O5/c1-2-26(36)39-25-10-6-9-24(21-25)35(27(37)23-7-4-3-5-8-23)22-30-11-14-31(15-12-30,16-13-30)28-32-29(33-40-28)34-17-19-38-20-18-34/h2,6,9-10,21,23H,1,3-5,7-8,11-20,22H2. The molecule has 5 aliphatic rings. The molecule has 2 heterocycles. The van der Waals surface area contributed by atoms with Gasteiger partial charge in [-0.3, -0.25) is 4.79 Å². The van der Waals surface area contributed by atoms with Crippen LogP contribution in [0.3, 0.4) is 0 Å². The molecule has 1 aliphatic heterocycles. The van der Waals surface area contributed by atoms with Crippen LogP contribution in [0.15, 0.2) is 41.4 Å². The number of hydrogen-bond donors (Lipinski definition) is 0. The Morgan fingerprint density at radius 2 is 1.80 bits per heavy atom. The first-order valence-corrected chi connectivity index (χ1v) is 14.9. The number of rotatable bonds is 8. The van der Waals surface area contributed by atoms with Crippen molar-refractivity contribution in [3.63, 3.8) is 0 Å². The summed E-state index contributed by atoms with van der Waals surface area (Å²) in [6, 6.07) is 7.39. The van der Waals surface area contributed by atoms with Gasteiger partial charge in [-0.2, -0.15) is 4.98 Å². The van der Waals surface area contributed by atoms with E-state index in [1.165, 1.54) is 6.42 Å². The molecule has 9 heteroatoms. The lowest BCUT2D eigenvalue weighted by molar-refractivity contribution is -0.129. The molecule has 2 bridgehead atoms. The second-order valence-electron chi connectivity index (χ2n) is 12.2. The Balaban J connectivity index is 1.20. The summed E-state index contributed by atoms with van der Waals surface area (Å²) in [4.78, 5) is 34.9. The van der Waals surface area contributed by atoms with Gasteiger partial charge in [0, 0.05) is 48.8 Å². The summed E-state index contributed by atoms with van der Waals surface area (Å²) in [6.07, 6.45) is 12.5. The summed E-state index contributed by atoms with van der Waals surface area (Å²) >= 11 is 0. The Hall–Kier alpha value is -3.20. The van der Waals surface area contributed by atoms with E-state index < -0.39 is 5.97 Å². The lowest BCUT2D eigenvalue weighted by Crippen LogP contribution is -2.51. The maximum absolute atomic E-state index is 14.0. The van der Waals surface area contributed by atoms with Crippen molar-refractivity contribution in [2.45, 2.75) is 76.0 Å². The molecule has 0 radical (unpaired) electrons. The fraction of sp³-hybridized carbons (Fsp3) is 0.613. The average Bonchev–Trinajstić information content (AvgIpc) is 3.53. The van der Waals surface area contributed by atoms with Crippen LogP contribution in [0, 0.1) is 11.3 Å². The van der Waals surface area contributed by atoms with E-state index in [0.29, 0.717) is 31.5 Å². The normalized spacial score (nSPS) is 26.9. The van der Waals surface area contributed by atoms with Crippen LogP contribution in [0.2, 0.25) is 0 Å². The highest BCUT2D eigenvalue weighted by Gasteiger charge is 2.53. The number of carbonyl (C=O) groups excluding carboxylic acids is 2. The molecule has 214 valence electrons. The molecule has 0 spiro atoms. The first-order chi connectivity index (χ1) is 19.5. The van der Waals surface area contributed by atoms with Gasteiger partial charge in [-0.15, -0.1) is 0 Å². The molecule has 4 aliphatic carbocycles. The fourth-order valence-electron chi connectivity index (χ4n) is 7.22. The highest BCUT2D eigenvalue weighted by atomic mass is 16.5. The Morgan fingerprint density at radius 1 is 1.07 bits per heavy atom. The summed E-state index contributed by atoms with van der Waals surface area (Å²) in [5.41, 5.74) is 0.775. The highest BCUT2D eigenvalue weighted by Crippen LogP contribution is 2.58. The van der Waals surface area contributed by atoms with Crippen LogP contribution in [-0.4, -0.2) is 54.9 Å². The zero-order chi connectivity index (χ0) is 27.6. The third-order valence-electron chi connectivity index (χ3n) is 9.79. The summed E-state index contributed by atoms with van der Waals surface area (Å²) in [5, 5.41) is 4.33. The maximum atomic E-state index is 14.0. The molecule has 4 saturated carbocycles. The van der Waals surface area contributed by atoms with Gasteiger partial charge in [0.15, 0.2) is 0 Å². The SMILES string of the molecule is C=CC(=O)Oc1cccc(N(CC23CCC(c4nc(N5CCOCC5)no4)(CC2)CC3)C(=O)C2CCCCC2)c1. The third kappa shape index (κ3) is 5.40. The largest absolute Gasteiger partial charge is 0.423 e. The minimum absolute atomic E-state index is 0.0485. The summed E-state index contributed by atoms with van der Waals surface area (Å²) in [7, 11) is 0. The Morgan fingerprint density at radius 3 is 2.50 bits per heavy atom. The first-order valence-electron chi connectivity index (χ1n) is 14.9. The van der Waals surface area contributed by atoms with E-state index in [0.717, 1.165) is 95.0 Å². The van der Waals surface area contributed by atoms with Gasteiger partial charge in [-0.1, -0.05) is 31.9 Å². The van der Waals surface area contributed by atoms with E-state index in [-0.39, 0.29) is 22.7 Å². The quantitative estimate of drug-likeness (QED) is 0.252. The number of esters is 1. The van der Waals surface area contributed by atoms with Crippen molar-refractivity contribution in [2.24, 2.45) is 11.3 Å².